The molecule has 1 aliphatic heterocycles. The van der Waals surface area contributed by atoms with Crippen LogP contribution in [0, 0.1) is 34.9 Å². The molecule has 0 amide bonds. The third kappa shape index (κ3) is 3.63. The van der Waals surface area contributed by atoms with Gasteiger partial charge in [0.15, 0.2) is 23.3 Å². The van der Waals surface area contributed by atoms with E-state index in [0.717, 1.165) is 0 Å². The molecule has 0 N–H and O–H groups in total. The normalized spacial score (nSPS) is 14.8. The molecule has 134 valence electrons. The molecule has 3 rings (SSSR count). The van der Waals surface area contributed by atoms with Crippen molar-refractivity contribution in [1.29, 1.82) is 0 Å². The minimum absolute atomic E-state index is 0.110. The van der Waals surface area contributed by atoms with Crippen LogP contribution in [-0.4, -0.2) is 23.6 Å². The van der Waals surface area contributed by atoms with Crippen molar-refractivity contribution in [2.75, 3.05) is 13.2 Å². The minimum atomic E-state index is -2.20. The second kappa shape index (κ2) is 7.27. The van der Waals surface area contributed by atoms with E-state index >= 15 is 0 Å². The molecule has 9 heteroatoms. The van der Waals surface area contributed by atoms with Crippen molar-refractivity contribution in [2.45, 2.75) is 17.5 Å². The van der Waals surface area contributed by atoms with Crippen molar-refractivity contribution in [2.24, 2.45) is 0 Å². The van der Waals surface area contributed by atoms with Gasteiger partial charge in [-0.05, 0) is 29.6 Å². The van der Waals surface area contributed by atoms with Crippen LogP contribution in [0.4, 0.5) is 26.3 Å². The van der Waals surface area contributed by atoms with Gasteiger partial charge in [0.1, 0.15) is 10.7 Å². The van der Waals surface area contributed by atoms with Crippen LogP contribution in [0.5, 0.6) is 0 Å². The highest BCUT2D eigenvalue weighted by atomic mass is 32.2. The largest absolute Gasteiger partial charge is 0.378 e. The summed E-state index contributed by atoms with van der Waals surface area (Å²) in [6.07, 6.45) is 0. The van der Waals surface area contributed by atoms with E-state index in [1.807, 2.05) is 0 Å². The number of benzene rings is 2. The fraction of sp³-hybridized carbons (Fsp3) is 0.250. The van der Waals surface area contributed by atoms with E-state index in [1.54, 1.807) is 0 Å². The van der Waals surface area contributed by atoms with Crippen LogP contribution in [0.2, 0.25) is 0 Å². The molecule has 1 aliphatic rings. The fourth-order valence-corrected chi connectivity index (χ4v) is 3.24. The maximum absolute atomic E-state index is 13.9. The first-order valence-electron chi connectivity index (χ1n) is 7.16. The Bertz CT molecular complexity index is 752. The first-order chi connectivity index (χ1) is 11.9. The number of rotatable bonds is 5. The highest BCUT2D eigenvalue weighted by Crippen LogP contribution is 2.36. The fourth-order valence-electron chi connectivity index (χ4n) is 2.18. The first kappa shape index (κ1) is 18.1. The van der Waals surface area contributed by atoms with Gasteiger partial charge in [0.2, 0.25) is 5.82 Å². The lowest BCUT2D eigenvalue weighted by Gasteiger charge is -2.36. The molecule has 0 atom stereocenters. The van der Waals surface area contributed by atoms with Gasteiger partial charge in [-0.2, -0.15) is 0 Å². The van der Waals surface area contributed by atoms with Crippen molar-refractivity contribution < 1.29 is 31.1 Å². The summed E-state index contributed by atoms with van der Waals surface area (Å²) in [5.41, 5.74) is 0.615. The van der Waals surface area contributed by atoms with Crippen LogP contribution in [-0.2, 0) is 11.3 Å². The summed E-state index contributed by atoms with van der Waals surface area (Å²) in [5.74, 6) is -10.4. The van der Waals surface area contributed by atoms with E-state index in [4.69, 9.17) is 4.74 Å². The molecule has 1 heterocycles. The minimum Gasteiger partial charge on any atom is -0.378 e. The lowest BCUT2D eigenvalue weighted by molar-refractivity contribution is -0.0356. The standard InChI is InChI=1S/C16H11F6NOS/c17-9-3-1-8(2-4-9)5-23(10-6-24-7-10)25-16-14(21)12(19)11(18)13(20)15(16)22/h1-4,10H,5-7H2. The summed E-state index contributed by atoms with van der Waals surface area (Å²) in [6, 6.07) is 5.11. The molecule has 0 unspecified atom stereocenters. The second-order valence-corrected chi connectivity index (χ2v) is 6.44. The zero-order valence-corrected chi connectivity index (χ0v) is 13.4. The van der Waals surface area contributed by atoms with Crippen LogP contribution in [0.1, 0.15) is 5.56 Å². The van der Waals surface area contributed by atoms with Crippen LogP contribution < -0.4 is 0 Å². The number of hydrogen-bond donors (Lipinski definition) is 0. The Morgan fingerprint density at radius 1 is 0.840 bits per heavy atom. The summed E-state index contributed by atoms with van der Waals surface area (Å²) in [5, 5.41) is 0. The Labute approximate surface area is 143 Å². The van der Waals surface area contributed by atoms with Crippen molar-refractivity contribution in [3.8, 4) is 0 Å². The van der Waals surface area contributed by atoms with E-state index in [-0.39, 0.29) is 25.8 Å². The van der Waals surface area contributed by atoms with Gasteiger partial charge in [-0.1, -0.05) is 12.1 Å². The Morgan fingerprint density at radius 2 is 1.36 bits per heavy atom. The topological polar surface area (TPSA) is 12.5 Å². The van der Waals surface area contributed by atoms with Gasteiger partial charge < -0.3 is 4.74 Å². The van der Waals surface area contributed by atoms with Crippen molar-refractivity contribution in [3.05, 3.63) is 64.7 Å². The van der Waals surface area contributed by atoms with Crippen LogP contribution >= 0.6 is 11.9 Å². The molecule has 2 nitrogen and oxygen atoms in total. The zero-order valence-electron chi connectivity index (χ0n) is 12.5. The second-order valence-electron chi connectivity index (χ2n) is 5.38. The molecule has 1 fully saturated rings. The molecular formula is C16H11F6NOS. The van der Waals surface area contributed by atoms with Crippen molar-refractivity contribution in [3.63, 3.8) is 0 Å². The van der Waals surface area contributed by atoms with Gasteiger partial charge in [-0.25, -0.2) is 30.6 Å². The third-order valence-corrected chi connectivity index (χ3v) is 4.86. The molecule has 25 heavy (non-hydrogen) atoms. The van der Waals surface area contributed by atoms with E-state index in [0.29, 0.717) is 17.5 Å². The molecule has 0 radical (unpaired) electrons. The van der Waals surface area contributed by atoms with Crippen LogP contribution in [0.3, 0.4) is 0 Å². The van der Waals surface area contributed by atoms with Crippen molar-refractivity contribution >= 4 is 11.9 Å². The van der Waals surface area contributed by atoms with Gasteiger partial charge in [-0.3, -0.25) is 0 Å². The molecule has 0 saturated carbocycles. The predicted molar refractivity (Wildman–Crippen MR) is 78.6 cm³/mol. The Kier molecular flexibility index (Phi) is 5.26. The van der Waals surface area contributed by atoms with E-state index in [9.17, 15) is 26.3 Å². The molecule has 0 spiro atoms. The molecular weight excluding hydrogens is 368 g/mol. The summed E-state index contributed by atoms with van der Waals surface area (Å²) < 4.78 is 87.1. The quantitative estimate of drug-likeness (QED) is 0.330. The van der Waals surface area contributed by atoms with Gasteiger partial charge in [0, 0.05) is 6.54 Å². The summed E-state index contributed by atoms with van der Waals surface area (Å²) >= 11 is 0.425. The molecule has 2 aromatic rings. The summed E-state index contributed by atoms with van der Waals surface area (Å²) in [6.45, 7) is 0.617. The average Bonchev–Trinajstić information content (AvgIpc) is 2.55. The van der Waals surface area contributed by atoms with E-state index < -0.39 is 39.8 Å². The lowest BCUT2D eigenvalue weighted by atomic mass is 10.2. The molecule has 0 bridgehead atoms. The van der Waals surface area contributed by atoms with Gasteiger partial charge >= 0.3 is 0 Å². The van der Waals surface area contributed by atoms with Gasteiger partial charge in [0.05, 0.1) is 19.3 Å². The van der Waals surface area contributed by atoms with E-state index in [1.165, 1.54) is 28.6 Å². The van der Waals surface area contributed by atoms with Crippen molar-refractivity contribution in [1.82, 2.24) is 4.31 Å². The smallest absolute Gasteiger partial charge is 0.200 e. The maximum atomic E-state index is 13.9. The predicted octanol–water partition coefficient (Wildman–Crippen LogP) is 4.43. The average molecular weight is 379 g/mol. The van der Waals surface area contributed by atoms with Gasteiger partial charge in [-0.15, -0.1) is 0 Å². The first-order valence-corrected chi connectivity index (χ1v) is 7.94. The highest BCUT2D eigenvalue weighted by Gasteiger charge is 2.32. The Balaban J connectivity index is 1.90. The van der Waals surface area contributed by atoms with Crippen LogP contribution in [0.25, 0.3) is 0 Å². The number of halogens is 6. The number of hydrogen-bond acceptors (Lipinski definition) is 3. The number of nitrogens with zero attached hydrogens (tertiary/aromatic N) is 1. The van der Waals surface area contributed by atoms with E-state index in [2.05, 4.69) is 0 Å². The molecule has 0 aliphatic carbocycles. The lowest BCUT2D eigenvalue weighted by Crippen LogP contribution is -2.45. The number of ether oxygens (including phenoxy) is 1. The molecule has 0 aromatic heterocycles. The summed E-state index contributed by atoms with van der Waals surface area (Å²) in [4.78, 5) is -0.981. The van der Waals surface area contributed by atoms with Gasteiger partial charge in [0.25, 0.3) is 0 Å². The zero-order chi connectivity index (χ0) is 18.1. The van der Waals surface area contributed by atoms with Crippen LogP contribution in [0.15, 0.2) is 29.2 Å². The monoisotopic (exact) mass is 379 g/mol. The maximum Gasteiger partial charge on any atom is 0.200 e. The Morgan fingerprint density at radius 3 is 1.84 bits per heavy atom. The Hall–Kier alpha value is -1.71. The highest BCUT2D eigenvalue weighted by molar-refractivity contribution is 7.97. The molecule has 1 saturated heterocycles. The molecule has 2 aromatic carbocycles. The summed E-state index contributed by atoms with van der Waals surface area (Å²) in [7, 11) is 0. The SMILES string of the molecule is Fc1ccc(CN(Sc2c(F)c(F)c(F)c(F)c2F)C2COC2)cc1. The third-order valence-electron chi connectivity index (χ3n) is 3.66.